The molecule has 0 saturated heterocycles. The molecule has 0 aromatic carbocycles. The molecule has 6 heteroatoms. The number of ether oxygens (including phenoxy) is 3. The Balaban J connectivity index is 4.29. The monoisotopic (exact) mass is 1150 g/mol. The van der Waals surface area contributed by atoms with Gasteiger partial charge in [-0.05, 0) is 51.4 Å². The maximum atomic E-state index is 13.0. The summed E-state index contributed by atoms with van der Waals surface area (Å²) < 4.78 is 17.1. The lowest BCUT2D eigenvalue weighted by atomic mass is 10.0. The molecule has 0 aliphatic carbocycles. The molecule has 0 aromatic rings. The average molecular weight is 1150 g/mol. The molecule has 484 valence electrons. The van der Waals surface area contributed by atoms with Crippen LogP contribution in [0, 0.1) is 0 Å². The van der Waals surface area contributed by atoms with Crippen molar-refractivity contribution in [1.82, 2.24) is 0 Å². The minimum atomic E-state index is -0.771. The van der Waals surface area contributed by atoms with Gasteiger partial charge in [-0.1, -0.05) is 379 Å². The fraction of sp³-hybridized carbons (Fsp3) is 0.908. The van der Waals surface area contributed by atoms with Gasteiger partial charge in [-0.25, -0.2) is 0 Å². The predicted octanol–water partition coefficient (Wildman–Crippen LogP) is 25.7. The number of esters is 3. The van der Waals surface area contributed by atoms with Crippen molar-refractivity contribution in [3.05, 3.63) is 24.3 Å². The zero-order valence-electron chi connectivity index (χ0n) is 55.8. The van der Waals surface area contributed by atoms with E-state index in [0.29, 0.717) is 19.3 Å². The summed E-state index contributed by atoms with van der Waals surface area (Å²) in [5, 5.41) is 0. The van der Waals surface area contributed by atoms with Crippen molar-refractivity contribution < 1.29 is 28.6 Å². The molecule has 0 saturated carbocycles. The number of hydrogen-bond donors (Lipinski definition) is 0. The van der Waals surface area contributed by atoms with E-state index >= 15 is 0 Å². The van der Waals surface area contributed by atoms with E-state index in [1.165, 1.54) is 321 Å². The van der Waals surface area contributed by atoms with Gasteiger partial charge in [0.05, 0.1) is 0 Å². The first-order valence-electron chi connectivity index (χ1n) is 37.3. The van der Waals surface area contributed by atoms with Crippen molar-refractivity contribution in [2.24, 2.45) is 0 Å². The summed E-state index contributed by atoms with van der Waals surface area (Å²) in [6, 6.07) is 0. The Morgan fingerprint density at radius 1 is 0.244 bits per heavy atom. The Morgan fingerprint density at radius 3 is 0.671 bits per heavy atom. The number of hydrogen-bond acceptors (Lipinski definition) is 6. The van der Waals surface area contributed by atoms with Crippen LogP contribution in [0.5, 0.6) is 0 Å². The van der Waals surface area contributed by atoms with E-state index in [2.05, 4.69) is 45.1 Å². The van der Waals surface area contributed by atoms with Crippen molar-refractivity contribution in [2.75, 3.05) is 13.2 Å². The summed E-state index contributed by atoms with van der Waals surface area (Å²) in [7, 11) is 0. The highest BCUT2D eigenvalue weighted by Gasteiger charge is 2.20. The number of unbranched alkanes of at least 4 members (excludes halogenated alkanes) is 55. The van der Waals surface area contributed by atoms with Crippen molar-refractivity contribution >= 4 is 17.9 Å². The number of carbonyl (C=O) groups is 3. The molecule has 0 N–H and O–H groups in total. The second-order valence-electron chi connectivity index (χ2n) is 25.6. The van der Waals surface area contributed by atoms with E-state index in [0.717, 1.165) is 64.2 Å². The Kier molecular flexibility index (Phi) is 69.5. The van der Waals surface area contributed by atoms with E-state index in [9.17, 15) is 14.4 Å². The van der Waals surface area contributed by atoms with Crippen LogP contribution >= 0.6 is 0 Å². The first-order chi connectivity index (χ1) is 40.5. The quantitative estimate of drug-likeness (QED) is 0.0261. The lowest BCUT2D eigenvalue weighted by molar-refractivity contribution is -0.167. The molecule has 0 fully saturated rings. The minimum absolute atomic E-state index is 0.0660. The van der Waals surface area contributed by atoms with Gasteiger partial charge >= 0.3 is 17.9 Å². The van der Waals surface area contributed by atoms with Gasteiger partial charge in [0.1, 0.15) is 13.2 Å². The topological polar surface area (TPSA) is 78.9 Å². The van der Waals surface area contributed by atoms with Crippen LogP contribution in [0.2, 0.25) is 0 Å². The van der Waals surface area contributed by atoms with Crippen LogP contribution < -0.4 is 0 Å². The summed E-state index contributed by atoms with van der Waals surface area (Å²) in [5.74, 6) is -0.832. The lowest BCUT2D eigenvalue weighted by Crippen LogP contribution is -2.30. The van der Waals surface area contributed by atoms with E-state index in [1.54, 1.807) is 0 Å². The summed E-state index contributed by atoms with van der Waals surface area (Å²) in [6.07, 6.45) is 87.8. The maximum absolute atomic E-state index is 13.0. The second-order valence-corrected chi connectivity index (χ2v) is 25.6. The highest BCUT2D eigenvalue weighted by molar-refractivity contribution is 5.71. The summed E-state index contributed by atoms with van der Waals surface area (Å²) >= 11 is 0. The molecule has 0 aliphatic rings. The molecule has 82 heavy (non-hydrogen) atoms. The van der Waals surface area contributed by atoms with Crippen LogP contribution in [0.3, 0.4) is 0 Å². The van der Waals surface area contributed by atoms with E-state index in [-0.39, 0.29) is 31.1 Å². The van der Waals surface area contributed by atoms with Gasteiger partial charge in [0, 0.05) is 19.3 Å². The van der Waals surface area contributed by atoms with Gasteiger partial charge in [-0.2, -0.15) is 0 Å². The predicted molar refractivity (Wildman–Crippen MR) is 358 cm³/mol. The van der Waals surface area contributed by atoms with Crippen molar-refractivity contribution in [1.29, 1.82) is 0 Å². The molecule has 0 aliphatic heterocycles. The maximum Gasteiger partial charge on any atom is 0.306 e. The molecule has 1 atom stereocenters. The fourth-order valence-corrected chi connectivity index (χ4v) is 11.6. The SMILES string of the molecule is CCCCCCC/C=C\C/C=C\CCCCCCCCCCCC(=O)OC(COC(=O)CCCCCCCCCCCCCCCCCCCCCC)COC(=O)CCCCCCCCCCCCCCCCCCCCCCCCC. The van der Waals surface area contributed by atoms with Crippen LogP contribution in [-0.4, -0.2) is 37.2 Å². The third kappa shape index (κ3) is 68.7. The number of rotatable bonds is 70. The number of allylic oxidation sites excluding steroid dienone is 4. The molecule has 0 bridgehead atoms. The van der Waals surface area contributed by atoms with Crippen molar-refractivity contribution in [2.45, 2.75) is 431 Å². The average Bonchev–Trinajstić information content (AvgIpc) is 3.47. The Morgan fingerprint density at radius 2 is 0.439 bits per heavy atom. The first-order valence-corrected chi connectivity index (χ1v) is 37.3. The normalized spacial score (nSPS) is 12.1. The highest BCUT2D eigenvalue weighted by Crippen LogP contribution is 2.19. The van der Waals surface area contributed by atoms with Crippen LogP contribution in [-0.2, 0) is 28.6 Å². The minimum Gasteiger partial charge on any atom is -0.462 e. The van der Waals surface area contributed by atoms with Crippen molar-refractivity contribution in [3.8, 4) is 0 Å². The largest absolute Gasteiger partial charge is 0.462 e. The Hall–Kier alpha value is -2.11. The highest BCUT2D eigenvalue weighted by atomic mass is 16.6. The van der Waals surface area contributed by atoms with Gasteiger partial charge in [-0.15, -0.1) is 0 Å². The summed E-state index contributed by atoms with van der Waals surface area (Å²) in [5.41, 5.74) is 0. The van der Waals surface area contributed by atoms with Gasteiger partial charge in [-0.3, -0.25) is 14.4 Å². The van der Waals surface area contributed by atoms with Gasteiger partial charge < -0.3 is 14.2 Å². The molecule has 0 heterocycles. The van der Waals surface area contributed by atoms with Crippen LogP contribution in [0.4, 0.5) is 0 Å². The second kappa shape index (κ2) is 71.4. The molecular weight excluding hydrogens is 1010 g/mol. The summed E-state index contributed by atoms with van der Waals surface area (Å²) in [4.78, 5) is 38.6. The third-order valence-electron chi connectivity index (χ3n) is 17.2. The molecule has 0 radical (unpaired) electrons. The Bertz CT molecular complexity index is 1320. The molecule has 6 nitrogen and oxygen atoms in total. The zero-order valence-corrected chi connectivity index (χ0v) is 55.8. The van der Waals surface area contributed by atoms with E-state index in [1.807, 2.05) is 0 Å². The van der Waals surface area contributed by atoms with Crippen LogP contribution in [0.15, 0.2) is 24.3 Å². The van der Waals surface area contributed by atoms with Gasteiger partial charge in [0.2, 0.25) is 0 Å². The smallest absolute Gasteiger partial charge is 0.306 e. The van der Waals surface area contributed by atoms with Gasteiger partial charge in [0.25, 0.3) is 0 Å². The Labute approximate surface area is 513 Å². The fourth-order valence-electron chi connectivity index (χ4n) is 11.6. The van der Waals surface area contributed by atoms with E-state index < -0.39 is 6.10 Å². The summed E-state index contributed by atoms with van der Waals surface area (Å²) in [6.45, 7) is 6.73. The van der Waals surface area contributed by atoms with Gasteiger partial charge in [0.15, 0.2) is 6.10 Å². The molecular formula is C76H144O6. The van der Waals surface area contributed by atoms with Crippen molar-refractivity contribution in [3.63, 3.8) is 0 Å². The molecule has 0 amide bonds. The van der Waals surface area contributed by atoms with Crippen LogP contribution in [0.25, 0.3) is 0 Å². The van der Waals surface area contributed by atoms with Crippen LogP contribution in [0.1, 0.15) is 425 Å². The molecule has 1 unspecified atom stereocenters. The molecule has 0 aromatic heterocycles. The zero-order chi connectivity index (χ0) is 59.2. The first kappa shape index (κ1) is 79.9. The molecule has 0 spiro atoms. The standard InChI is InChI=1S/C76H144O6/c1-4-7-10-13-16-19-22-25-28-31-34-37-38-40-42-45-48-51-54-57-60-63-66-69-75(78)81-72-73(71-80-74(77)68-65-62-59-56-53-50-47-44-41-36-33-30-27-24-21-18-15-12-9-6-3)82-76(79)70-67-64-61-58-55-52-49-46-43-39-35-32-29-26-23-20-17-14-11-8-5-2/h23,26,32,35,73H,4-22,24-25,27-31,33-34,36-72H2,1-3H3/b26-23-,35-32-. The molecule has 0 rings (SSSR count). The third-order valence-corrected chi connectivity index (χ3v) is 17.2. The number of carbonyl (C=O) groups excluding carboxylic acids is 3. The lowest BCUT2D eigenvalue weighted by Gasteiger charge is -2.18. The van der Waals surface area contributed by atoms with E-state index in [4.69, 9.17) is 14.2 Å².